The Bertz CT molecular complexity index is 540. The molecule has 1 fully saturated rings. The van der Waals surface area contributed by atoms with Gasteiger partial charge in [-0.1, -0.05) is 11.2 Å². The van der Waals surface area contributed by atoms with Crippen molar-refractivity contribution in [3.05, 3.63) is 29.7 Å². The van der Waals surface area contributed by atoms with Gasteiger partial charge in [0, 0.05) is 25.6 Å². The maximum atomic E-state index is 12.8. The molecule has 1 aromatic rings. The van der Waals surface area contributed by atoms with Gasteiger partial charge in [0.15, 0.2) is 5.69 Å². The Kier molecular flexibility index (Phi) is 5.37. The van der Waals surface area contributed by atoms with E-state index >= 15 is 0 Å². The highest BCUT2D eigenvalue weighted by Gasteiger charge is 2.37. The maximum absolute atomic E-state index is 12.8. The predicted octanol–water partition coefficient (Wildman–Crippen LogP) is 1.92. The summed E-state index contributed by atoms with van der Waals surface area (Å²) in [6.45, 7) is 7.04. The third-order valence-corrected chi connectivity index (χ3v) is 4.34. The molecule has 0 spiro atoms. The van der Waals surface area contributed by atoms with E-state index in [0.717, 1.165) is 12.8 Å². The lowest BCUT2D eigenvalue weighted by Crippen LogP contribution is -2.48. The van der Waals surface area contributed by atoms with Gasteiger partial charge in [0.05, 0.1) is 18.8 Å². The first kappa shape index (κ1) is 16.7. The van der Waals surface area contributed by atoms with Gasteiger partial charge in [-0.2, -0.15) is 0 Å². The average molecular weight is 308 g/mol. The predicted molar refractivity (Wildman–Crippen MR) is 81.4 cm³/mol. The molecule has 1 saturated heterocycles. The molecule has 1 aliphatic rings. The molecule has 1 amide bonds. The molecule has 122 valence electrons. The van der Waals surface area contributed by atoms with E-state index < -0.39 is 0 Å². The minimum Gasteiger partial charge on any atom is -0.396 e. The zero-order valence-electron chi connectivity index (χ0n) is 13.3. The highest BCUT2D eigenvalue weighted by Crippen LogP contribution is 2.34. The molecule has 0 aromatic carbocycles. The summed E-state index contributed by atoms with van der Waals surface area (Å²) in [6, 6.07) is 0. The number of allylic oxidation sites excluding steroid dienone is 1. The molecular formula is C16H24N2O4. The largest absolute Gasteiger partial charge is 0.396 e. The van der Waals surface area contributed by atoms with Crippen molar-refractivity contribution < 1.29 is 19.2 Å². The summed E-state index contributed by atoms with van der Waals surface area (Å²) in [5, 5.41) is 13.6. The average Bonchev–Trinajstić information content (AvgIpc) is 2.89. The lowest BCUT2D eigenvalue weighted by atomic mass is 9.77. The van der Waals surface area contributed by atoms with E-state index in [0.29, 0.717) is 43.1 Å². The number of ether oxygens (including phenoxy) is 1. The molecule has 6 heteroatoms. The first-order valence-corrected chi connectivity index (χ1v) is 7.52. The summed E-state index contributed by atoms with van der Waals surface area (Å²) in [5.41, 5.74) is 0.707. The lowest BCUT2D eigenvalue weighted by Gasteiger charge is -2.41. The highest BCUT2D eigenvalue weighted by atomic mass is 16.5. The number of carbonyl (C=O) groups is 1. The van der Waals surface area contributed by atoms with Crippen LogP contribution in [-0.4, -0.2) is 47.9 Å². The molecule has 1 N–H and O–H groups in total. The van der Waals surface area contributed by atoms with Gasteiger partial charge < -0.3 is 19.3 Å². The van der Waals surface area contributed by atoms with Crippen LogP contribution < -0.4 is 0 Å². The fourth-order valence-corrected chi connectivity index (χ4v) is 3.07. The Morgan fingerprint density at radius 2 is 2.41 bits per heavy atom. The molecule has 2 heterocycles. The fourth-order valence-electron chi connectivity index (χ4n) is 3.07. The number of aliphatic hydroxyl groups excluding tert-OH is 1. The molecule has 22 heavy (non-hydrogen) atoms. The van der Waals surface area contributed by atoms with Crippen LogP contribution in [0.15, 0.2) is 17.2 Å². The summed E-state index contributed by atoms with van der Waals surface area (Å²) in [4.78, 5) is 14.5. The standard InChI is InChI=1S/C16H24N2O4/c1-4-6-16(11-19)7-5-8-18(10-16)15(20)14-13(9-21-3)12(2)22-17-14/h4,19H,1,5-11H2,2-3H3/t16-/m1/s1. The molecular weight excluding hydrogens is 284 g/mol. The van der Waals surface area contributed by atoms with Gasteiger partial charge in [0.25, 0.3) is 5.91 Å². The summed E-state index contributed by atoms with van der Waals surface area (Å²) in [6.07, 6.45) is 4.25. The summed E-state index contributed by atoms with van der Waals surface area (Å²) >= 11 is 0. The van der Waals surface area contributed by atoms with E-state index in [1.807, 2.05) is 0 Å². The number of likely N-dealkylation sites (tertiary alicyclic amines) is 1. The van der Waals surface area contributed by atoms with Crippen molar-refractivity contribution in [3.8, 4) is 0 Å². The second-order valence-electron chi connectivity index (χ2n) is 5.98. The van der Waals surface area contributed by atoms with Crippen LogP contribution in [0.25, 0.3) is 0 Å². The van der Waals surface area contributed by atoms with Gasteiger partial charge in [-0.3, -0.25) is 4.79 Å². The summed E-state index contributed by atoms with van der Waals surface area (Å²) in [5.74, 6) is 0.437. The number of rotatable bonds is 6. The number of piperidine rings is 1. The SMILES string of the molecule is C=CC[C@@]1(CO)CCCN(C(=O)c2noc(C)c2COC)C1. The minimum absolute atomic E-state index is 0.0472. The molecule has 0 saturated carbocycles. The van der Waals surface area contributed by atoms with Crippen molar-refractivity contribution in [3.63, 3.8) is 0 Å². The molecule has 1 atom stereocenters. The molecule has 0 radical (unpaired) electrons. The lowest BCUT2D eigenvalue weighted by molar-refractivity contribution is 0.0277. The summed E-state index contributed by atoms with van der Waals surface area (Å²) < 4.78 is 10.3. The first-order valence-electron chi connectivity index (χ1n) is 7.52. The number of aromatic nitrogens is 1. The van der Waals surface area contributed by atoms with Crippen molar-refractivity contribution in [1.29, 1.82) is 0 Å². The number of hydrogen-bond donors (Lipinski definition) is 1. The van der Waals surface area contributed by atoms with Crippen LogP contribution in [0, 0.1) is 12.3 Å². The Morgan fingerprint density at radius 3 is 3.05 bits per heavy atom. The van der Waals surface area contributed by atoms with Gasteiger partial charge in [-0.05, 0) is 26.2 Å². The minimum atomic E-state index is -0.296. The normalized spacial score (nSPS) is 21.9. The number of hydrogen-bond acceptors (Lipinski definition) is 5. The molecule has 2 rings (SSSR count). The van der Waals surface area contributed by atoms with E-state index in [1.165, 1.54) is 0 Å². The number of aliphatic hydroxyl groups is 1. The van der Waals surface area contributed by atoms with Gasteiger partial charge in [0.2, 0.25) is 0 Å². The zero-order chi connectivity index (χ0) is 16.2. The molecule has 0 bridgehead atoms. The zero-order valence-corrected chi connectivity index (χ0v) is 13.3. The van der Waals surface area contributed by atoms with E-state index in [9.17, 15) is 9.90 Å². The number of carbonyl (C=O) groups excluding carboxylic acids is 1. The van der Waals surface area contributed by atoms with Crippen LogP contribution in [0.2, 0.25) is 0 Å². The molecule has 0 aliphatic carbocycles. The van der Waals surface area contributed by atoms with Crippen molar-refractivity contribution >= 4 is 5.91 Å². The van der Waals surface area contributed by atoms with Gasteiger partial charge in [-0.15, -0.1) is 6.58 Å². The van der Waals surface area contributed by atoms with Crippen LogP contribution in [-0.2, 0) is 11.3 Å². The Morgan fingerprint density at radius 1 is 1.64 bits per heavy atom. The van der Waals surface area contributed by atoms with E-state index in [4.69, 9.17) is 9.26 Å². The fraction of sp³-hybridized carbons (Fsp3) is 0.625. The van der Waals surface area contributed by atoms with Crippen molar-refractivity contribution in [1.82, 2.24) is 10.1 Å². The van der Waals surface area contributed by atoms with Crippen LogP contribution >= 0.6 is 0 Å². The van der Waals surface area contributed by atoms with Crippen LogP contribution in [0.3, 0.4) is 0 Å². The molecule has 1 aliphatic heterocycles. The van der Waals surface area contributed by atoms with Crippen molar-refractivity contribution in [2.75, 3.05) is 26.8 Å². The van der Waals surface area contributed by atoms with Crippen LogP contribution in [0.1, 0.15) is 41.1 Å². The topological polar surface area (TPSA) is 75.8 Å². The monoisotopic (exact) mass is 308 g/mol. The third-order valence-electron chi connectivity index (χ3n) is 4.34. The van der Waals surface area contributed by atoms with E-state index in [-0.39, 0.29) is 17.9 Å². The second-order valence-corrected chi connectivity index (χ2v) is 5.98. The Hall–Kier alpha value is -1.66. The van der Waals surface area contributed by atoms with Crippen molar-refractivity contribution in [2.24, 2.45) is 5.41 Å². The Balaban J connectivity index is 2.20. The van der Waals surface area contributed by atoms with Gasteiger partial charge in [0.1, 0.15) is 5.76 Å². The summed E-state index contributed by atoms with van der Waals surface area (Å²) in [7, 11) is 1.57. The molecule has 6 nitrogen and oxygen atoms in total. The van der Waals surface area contributed by atoms with Gasteiger partial charge in [-0.25, -0.2) is 0 Å². The van der Waals surface area contributed by atoms with Crippen LogP contribution in [0.4, 0.5) is 0 Å². The number of aryl methyl sites for hydroxylation is 1. The number of methoxy groups -OCH3 is 1. The van der Waals surface area contributed by atoms with E-state index in [2.05, 4.69) is 11.7 Å². The van der Waals surface area contributed by atoms with Gasteiger partial charge >= 0.3 is 0 Å². The number of amides is 1. The quantitative estimate of drug-likeness (QED) is 0.813. The Labute approximate surface area is 130 Å². The van der Waals surface area contributed by atoms with E-state index in [1.54, 1.807) is 25.0 Å². The molecule has 0 unspecified atom stereocenters. The second kappa shape index (κ2) is 7.07. The molecule has 1 aromatic heterocycles. The first-order chi connectivity index (χ1) is 10.6. The smallest absolute Gasteiger partial charge is 0.276 e. The van der Waals surface area contributed by atoms with Crippen molar-refractivity contribution in [2.45, 2.75) is 32.8 Å². The number of nitrogens with zero attached hydrogens (tertiary/aromatic N) is 2. The third kappa shape index (κ3) is 3.23. The maximum Gasteiger partial charge on any atom is 0.276 e. The highest BCUT2D eigenvalue weighted by molar-refractivity contribution is 5.93. The van der Waals surface area contributed by atoms with Crippen LogP contribution in [0.5, 0.6) is 0 Å².